The highest BCUT2D eigenvalue weighted by molar-refractivity contribution is 5.99. The third kappa shape index (κ3) is 26.1. The number of ether oxygens (including phenoxy) is 2. The van der Waals surface area contributed by atoms with Crippen molar-refractivity contribution in [1.29, 1.82) is 0 Å². The van der Waals surface area contributed by atoms with E-state index in [0.717, 1.165) is 0 Å². The van der Waals surface area contributed by atoms with Gasteiger partial charge < -0.3 is 44.8 Å². The number of aliphatic hydroxyl groups excluding tert-OH is 1. The van der Waals surface area contributed by atoms with Crippen LogP contribution in [0, 0.1) is 59.2 Å². The van der Waals surface area contributed by atoms with Gasteiger partial charge >= 0.3 is 5.97 Å². The zero-order chi connectivity index (χ0) is 68.5. The van der Waals surface area contributed by atoms with Crippen molar-refractivity contribution in [3.8, 4) is 0 Å². The summed E-state index contributed by atoms with van der Waals surface area (Å²) in [5.74, 6) is -12.8. The van der Waals surface area contributed by atoms with Gasteiger partial charge in [0.15, 0.2) is 28.9 Å². The molecule has 89 heavy (non-hydrogen) atoms. The zero-order valence-corrected chi connectivity index (χ0v) is 57.8. The minimum absolute atomic E-state index is 0.0350. The molecule has 0 aliphatic carbocycles. The summed E-state index contributed by atoms with van der Waals surface area (Å²) in [5.41, 5.74) is 0. The van der Waals surface area contributed by atoms with Gasteiger partial charge in [0.2, 0.25) is 35.4 Å². The fourth-order valence-corrected chi connectivity index (χ4v) is 11.8. The normalized spacial score (nSPS) is 26.6. The third-order valence-corrected chi connectivity index (χ3v) is 17.1. The van der Waals surface area contributed by atoms with Gasteiger partial charge in [-0.1, -0.05) is 108 Å². The molecule has 0 spiro atoms. The van der Waals surface area contributed by atoms with E-state index in [1.807, 2.05) is 47.6 Å². The number of hydrogen-bond acceptors (Lipinski definition) is 15. The first-order chi connectivity index (χ1) is 41.4. The van der Waals surface area contributed by atoms with Crippen LogP contribution < -0.4 is 10.6 Å². The molecule has 0 unspecified atom stereocenters. The Hall–Kier alpha value is -5.96. The van der Waals surface area contributed by atoms with E-state index in [1.165, 1.54) is 68.6 Å². The van der Waals surface area contributed by atoms with Gasteiger partial charge in [-0.2, -0.15) is 0 Å². The summed E-state index contributed by atoms with van der Waals surface area (Å²) < 4.78 is 11.0. The maximum atomic E-state index is 14.9. The van der Waals surface area contributed by atoms with Crippen LogP contribution >= 0.6 is 0 Å². The lowest BCUT2D eigenvalue weighted by atomic mass is 9.82. The van der Waals surface area contributed by atoms with E-state index in [4.69, 9.17) is 9.47 Å². The molecule has 1 heterocycles. The summed E-state index contributed by atoms with van der Waals surface area (Å²) in [7, 11) is 5.82. The Morgan fingerprint density at radius 3 is 1.60 bits per heavy atom. The smallest absolute Gasteiger partial charge is 0.302 e. The number of hydrogen-bond donors (Lipinski definition) is 3. The van der Waals surface area contributed by atoms with E-state index >= 15 is 0 Å². The number of esters is 1. The lowest BCUT2D eigenvalue weighted by molar-refractivity contribution is -0.148. The predicted octanol–water partition coefficient (Wildman–Crippen LogP) is 7.32. The van der Waals surface area contributed by atoms with Crippen molar-refractivity contribution in [3.05, 3.63) is 24.3 Å². The third-order valence-electron chi connectivity index (χ3n) is 17.1. The average Bonchev–Trinajstić information content (AvgIpc) is 1.16. The van der Waals surface area contributed by atoms with Gasteiger partial charge in [-0.25, -0.2) is 0 Å². The number of aliphatic hydroxyl groups is 1. The molecule has 506 valence electrons. The van der Waals surface area contributed by atoms with Gasteiger partial charge in [-0.15, -0.1) is 0 Å². The first-order valence-electron chi connectivity index (χ1n) is 32.4. The maximum absolute atomic E-state index is 14.9. The van der Waals surface area contributed by atoms with E-state index in [2.05, 4.69) is 10.6 Å². The number of allylic oxidation sites excluding steroid dienone is 2. The van der Waals surface area contributed by atoms with E-state index in [-0.39, 0.29) is 75.9 Å². The van der Waals surface area contributed by atoms with Crippen LogP contribution in [0.3, 0.4) is 0 Å². The van der Waals surface area contributed by atoms with Crippen molar-refractivity contribution < 1.29 is 72.1 Å². The molecule has 0 saturated carbocycles. The number of likely N-dealkylation sites (N-methyl/N-ethyl adjacent to an activating group) is 4. The number of nitrogens with one attached hydrogen (secondary N) is 2. The molecule has 0 aromatic heterocycles. The van der Waals surface area contributed by atoms with Gasteiger partial charge in [0.1, 0.15) is 18.7 Å². The number of carbonyl (C=O) groups excluding carboxylic acids is 12. The second-order valence-corrected chi connectivity index (χ2v) is 26.9. The van der Waals surface area contributed by atoms with Crippen LogP contribution in [-0.4, -0.2) is 185 Å². The summed E-state index contributed by atoms with van der Waals surface area (Å²) >= 11 is 0. The van der Waals surface area contributed by atoms with Crippen molar-refractivity contribution in [1.82, 2.24) is 30.2 Å². The van der Waals surface area contributed by atoms with Gasteiger partial charge in [0.05, 0.1) is 48.9 Å². The van der Waals surface area contributed by atoms with Crippen molar-refractivity contribution in [2.24, 2.45) is 59.2 Å². The zero-order valence-electron chi connectivity index (χ0n) is 57.8. The van der Waals surface area contributed by atoms with Crippen molar-refractivity contribution in [2.45, 2.75) is 237 Å². The fourth-order valence-electron chi connectivity index (χ4n) is 11.8. The average molecular weight is 1260 g/mol. The molecule has 0 radical (unpaired) electrons. The lowest BCUT2D eigenvalue weighted by Crippen LogP contribution is -2.53. The summed E-state index contributed by atoms with van der Waals surface area (Å²) in [5, 5.41) is 17.5. The Bertz CT molecular complexity index is 2450. The highest BCUT2D eigenvalue weighted by Crippen LogP contribution is 2.30. The Kier molecular flexibility index (Phi) is 35.8. The molecule has 0 bridgehead atoms. The SMILES string of the molecule is C/C=C/C[C@@H](C)[C@@H](O)[C@@H]1CC(=O)[C@H](C(C)C)N(C)C(=O)[C@H](CC(C)C)CC(=O)[C@H](CC(C)C)N(C)C(=O)[C@@H](C)NC(=O)[C@H](C)CC(=O)[C@H](CC(C)C)N(C)C(=O)[C@H](C(C)C)CC(=O)[C@H]([C@@H](C)OC/C=C/COC(C)=O)N(C)C(=O)CCC(=O)[C@H](CC)NC1=O. The summed E-state index contributed by atoms with van der Waals surface area (Å²) in [6, 6.07) is -6.83. The van der Waals surface area contributed by atoms with Crippen LogP contribution in [0.15, 0.2) is 24.3 Å². The largest absolute Gasteiger partial charge is 0.462 e. The number of rotatable bonds is 19. The summed E-state index contributed by atoms with van der Waals surface area (Å²) in [6.07, 6.45) is 3.09. The number of nitrogens with zero attached hydrogens (tertiary/aromatic N) is 4. The second kappa shape index (κ2) is 39.3. The summed E-state index contributed by atoms with van der Waals surface area (Å²) in [4.78, 5) is 176. The van der Waals surface area contributed by atoms with Crippen LogP contribution in [0.1, 0.15) is 188 Å². The molecule has 1 saturated heterocycles. The molecule has 1 aliphatic heterocycles. The van der Waals surface area contributed by atoms with Crippen molar-refractivity contribution in [2.75, 3.05) is 41.4 Å². The van der Waals surface area contributed by atoms with Crippen LogP contribution in [0.4, 0.5) is 0 Å². The number of amides is 6. The number of Topliss-reactive ketones (excluding diaryl/α,β-unsaturated/α-hetero) is 5. The molecular weight excluding hydrogens is 1140 g/mol. The first kappa shape index (κ1) is 81.1. The molecule has 0 aromatic rings. The highest BCUT2D eigenvalue weighted by atomic mass is 16.5. The van der Waals surface area contributed by atoms with Gasteiger partial charge in [0, 0.05) is 91.4 Å². The second-order valence-electron chi connectivity index (χ2n) is 26.9. The summed E-state index contributed by atoms with van der Waals surface area (Å²) in [6.45, 7) is 29.3. The van der Waals surface area contributed by atoms with E-state index in [1.54, 1.807) is 73.6 Å². The van der Waals surface area contributed by atoms with E-state index in [0.29, 0.717) is 6.42 Å². The minimum Gasteiger partial charge on any atom is -0.462 e. The van der Waals surface area contributed by atoms with Crippen LogP contribution in [-0.2, 0) is 67.0 Å². The first-order valence-corrected chi connectivity index (χ1v) is 32.4. The minimum atomic E-state index is -1.40. The molecule has 1 aliphatic rings. The quantitative estimate of drug-likeness (QED) is 0.0844. The molecule has 13 atom stereocenters. The molecule has 21 nitrogen and oxygen atoms in total. The molecule has 1 rings (SSSR count). The molecule has 21 heteroatoms. The Morgan fingerprint density at radius 2 is 1.09 bits per heavy atom. The van der Waals surface area contributed by atoms with Crippen LogP contribution in [0.5, 0.6) is 0 Å². The maximum Gasteiger partial charge on any atom is 0.302 e. The highest BCUT2D eigenvalue weighted by Gasteiger charge is 2.43. The molecule has 3 N–H and O–H groups in total. The molecule has 0 aromatic carbocycles. The lowest BCUT2D eigenvalue weighted by Gasteiger charge is -2.36. The van der Waals surface area contributed by atoms with E-state index in [9.17, 15) is 62.6 Å². The number of ketones is 5. The van der Waals surface area contributed by atoms with Crippen LogP contribution in [0.25, 0.3) is 0 Å². The Balaban J connectivity index is 4.24. The van der Waals surface area contributed by atoms with E-state index < -0.39 is 179 Å². The molecular formula is C68H114N6O15. The molecule has 6 amide bonds. The van der Waals surface area contributed by atoms with Crippen molar-refractivity contribution >= 4 is 70.3 Å². The molecule has 1 fully saturated rings. The Labute approximate surface area is 532 Å². The van der Waals surface area contributed by atoms with Gasteiger partial charge in [-0.05, 0) is 94.5 Å². The standard InChI is InChI=1S/C68H114N6O15/c1-22-24-27-44(13)63(82)51-38-58(79)61(43(11)12)74(21)67(86)49(32-39(3)4)36-57(78)54(34-41(7)8)71(18)66(85)46(15)69-64(83)45(14)35-56(77)53(33-40(5)6)72(19)68(87)50(42(9)10)37-59(80)62(47(16)88-30-25-26-31-89-48(17)75)73(20)60(81)29-28-55(76)52(23-2)70-65(51)84/h22,24-26,39-47,49-54,61-63,82H,23,27-38H2,1-21H3,(H,69,83)(H,70,84)/b24-22+,26-25+/t44-,45-,46-,47-,49-,50+,51+,52+,53+,54+,61+,62+,63-/m1/s1. The Morgan fingerprint density at radius 1 is 0.573 bits per heavy atom. The van der Waals surface area contributed by atoms with Gasteiger partial charge in [0.25, 0.3) is 0 Å². The van der Waals surface area contributed by atoms with Gasteiger partial charge in [-0.3, -0.25) is 57.5 Å². The topological polar surface area (TPSA) is 281 Å². The number of carbonyl (C=O) groups is 12. The monoisotopic (exact) mass is 1250 g/mol. The van der Waals surface area contributed by atoms with Crippen LogP contribution in [0.2, 0.25) is 0 Å². The predicted molar refractivity (Wildman–Crippen MR) is 342 cm³/mol. The fraction of sp³-hybridized carbons (Fsp3) is 0.765. The van der Waals surface area contributed by atoms with Crippen molar-refractivity contribution in [3.63, 3.8) is 0 Å².